The van der Waals surface area contributed by atoms with Crippen LogP contribution in [-0.2, 0) is 0 Å². The number of hydrogen-bond donors (Lipinski definition) is 0. The van der Waals surface area contributed by atoms with E-state index in [1.54, 1.807) is 0 Å². The van der Waals surface area contributed by atoms with E-state index in [4.69, 9.17) is 6.42 Å². The second-order valence-corrected chi connectivity index (χ2v) is 8.14. The molecule has 0 fully saturated rings. The molecular weight excluding hydrogens is 400 g/mol. The first-order valence-electron chi connectivity index (χ1n) is 11.1. The molecule has 4 aromatic carbocycles. The number of fused-ring (bicyclic) bond motifs is 4. The minimum absolute atomic E-state index is 1.03. The Hall–Kier alpha value is -4.48. The number of rotatable bonds is 2. The number of nitrogens with zero attached hydrogens (tertiary/aromatic N) is 2. The van der Waals surface area contributed by atoms with Gasteiger partial charge in [0.25, 0.3) is 0 Å². The standard InChI is InChI=1S/C31H22N2/c1-3-12-28-24(4-2)25-15-5-8-18-29(25)32(28)22-13-11-14-23(21-22)33-30-19-9-6-16-26(30)27-17-7-10-20-31(27)33/h1,4-21H,2H3/b24-4-,28-12+. The highest BCUT2D eigenvalue weighted by molar-refractivity contribution is 6.09. The lowest BCUT2D eigenvalue weighted by molar-refractivity contribution is 1.06. The topological polar surface area (TPSA) is 9.86 Å². The smallest absolute Gasteiger partial charge is 0.0621 e. The van der Waals surface area contributed by atoms with Crippen molar-refractivity contribution in [2.45, 2.75) is 6.92 Å². The Morgan fingerprint density at radius 1 is 0.636 bits per heavy atom. The third-order valence-corrected chi connectivity index (χ3v) is 6.39. The van der Waals surface area contributed by atoms with E-state index in [1.807, 2.05) is 6.08 Å². The van der Waals surface area contributed by atoms with Gasteiger partial charge in [0.15, 0.2) is 0 Å². The van der Waals surface area contributed by atoms with Gasteiger partial charge in [0.2, 0.25) is 0 Å². The summed E-state index contributed by atoms with van der Waals surface area (Å²) >= 11 is 0. The number of para-hydroxylation sites is 3. The van der Waals surface area contributed by atoms with Gasteiger partial charge in [-0.3, -0.25) is 0 Å². The van der Waals surface area contributed by atoms with Crippen molar-refractivity contribution in [3.63, 3.8) is 0 Å². The van der Waals surface area contributed by atoms with Crippen molar-refractivity contribution in [2.75, 3.05) is 0 Å². The van der Waals surface area contributed by atoms with Crippen molar-refractivity contribution in [1.82, 2.24) is 9.13 Å². The molecule has 156 valence electrons. The van der Waals surface area contributed by atoms with Crippen LogP contribution in [0.4, 0.5) is 0 Å². The number of aromatic nitrogens is 2. The predicted octanol–water partition coefficient (Wildman–Crippen LogP) is 5.94. The van der Waals surface area contributed by atoms with Crippen LogP contribution in [0.1, 0.15) is 6.92 Å². The maximum Gasteiger partial charge on any atom is 0.0621 e. The van der Waals surface area contributed by atoms with E-state index in [1.165, 1.54) is 27.2 Å². The lowest BCUT2D eigenvalue weighted by Crippen LogP contribution is -2.28. The highest BCUT2D eigenvalue weighted by Crippen LogP contribution is 2.32. The average Bonchev–Trinajstić information content (AvgIpc) is 3.37. The second-order valence-electron chi connectivity index (χ2n) is 8.14. The Labute approximate surface area is 192 Å². The minimum Gasteiger partial charge on any atom is -0.309 e. The van der Waals surface area contributed by atoms with Gasteiger partial charge in [-0.2, -0.15) is 0 Å². The molecule has 2 nitrogen and oxygen atoms in total. The summed E-state index contributed by atoms with van der Waals surface area (Å²) in [5.74, 6) is 2.75. The largest absolute Gasteiger partial charge is 0.309 e. The van der Waals surface area contributed by atoms with Gasteiger partial charge in [-0.15, -0.1) is 6.42 Å². The highest BCUT2D eigenvalue weighted by Gasteiger charge is 2.13. The summed E-state index contributed by atoms with van der Waals surface area (Å²) < 4.78 is 4.61. The van der Waals surface area contributed by atoms with Crippen molar-refractivity contribution in [1.29, 1.82) is 0 Å². The molecule has 0 aliphatic heterocycles. The molecule has 33 heavy (non-hydrogen) atoms. The van der Waals surface area contributed by atoms with Gasteiger partial charge in [0.05, 0.1) is 21.9 Å². The monoisotopic (exact) mass is 422 g/mol. The molecule has 0 unspecified atom stereocenters. The molecule has 0 N–H and O–H groups in total. The van der Waals surface area contributed by atoms with Gasteiger partial charge >= 0.3 is 0 Å². The molecule has 2 aromatic heterocycles. The van der Waals surface area contributed by atoms with E-state index < -0.39 is 0 Å². The first kappa shape index (κ1) is 19.2. The number of benzene rings is 4. The summed E-state index contributed by atoms with van der Waals surface area (Å²) in [5, 5.41) is 5.90. The maximum absolute atomic E-state index is 5.75. The van der Waals surface area contributed by atoms with E-state index in [0.29, 0.717) is 0 Å². The molecule has 2 heteroatoms. The van der Waals surface area contributed by atoms with Crippen LogP contribution in [0.2, 0.25) is 0 Å². The summed E-state index contributed by atoms with van der Waals surface area (Å²) in [6, 6.07) is 34.3. The van der Waals surface area contributed by atoms with Crippen LogP contribution in [0.5, 0.6) is 0 Å². The first-order chi connectivity index (χ1) is 16.3. The maximum atomic E-state index is 5.75. The summed E-state index contributed by atoms with van der Waals surface area (Å²) in [6.45, 7) is 2.06. The molecular formula is C31H22N2. The van der Waals surface area contributed by atoms with E-state index >= 15 is 0 Å². The summed E-state index contributed by atoms with van der Waals surface area (Å²) in [7, 11) is 0. The van der Waals surface area contributed by atoms with Gasteiger partial charge in [0.1, 0.15) is 0 Å². The van der Waals surface area contributed by atoms with Crippen LogP contribution in [-0.4, -0.2) is 9.13 Å². The van der Waals surface area contributed by atoms with E-state index in [-0.39, 0.29) is 0 Å². The van der Waals surface area contributed by atoms with Gasteiger partial charge in [-0.1, -0.05) is 72.7 Å². The van der Waals surface area contributed by atoms with Gasteiger partial charge < -0.3 is 9.13 Å². The molecule has 0 saturated carbocycles. The third-order valence-electron chi connectivity index (χ3n) is 6.39. The van der Waals surface area contributed by atoms with E-state index in [0.717, 1.165) is 27.5 Å². The average molecular weight is 423 g/mol. The van der Waals surface area contributed by atoms with Crippen molar-refractivity contribution < 1.29 is 0 Å². The van der Waals surface area contributed by atoms with Crippen molar-refractivity contribution in [3.8, 4) is 23.7 Å². The van der Waals surface area contributed by atoms with Crippen molar-refractivity contribution >= 4 is 44.9 Å². The summed E-state index contributed by atoms with van der Waals surface area (Å²) in [4.78, 5) is 0. The van der Waals surface area contributed by atoms with Crippen LogP contribution in [0.15, 0.2) is 97.1 Å². The minimum atomic E-state index is 1.03. The highest BCUT2D eigenvalue weighted by atomic mass is 15.0. The lowest BCUT2D eigenvalue weighted by atomic mass is 10.2. The van der Waals surface area contributed by atoms with Crippen molar-refractivity contribution in [2.24, 2.45) is 0 Å². The molecule has 0 spiro atoms. The van der Waals surface area contributed by atoms with Crippen LogP contribution in [0, 0.1) is 12.3 Å². The van der Waals surface area contributed by atoms with Gasteiger partial charge in [0, 0.05) is 38.8 Å². The Bertz CT molecular complexity index is 1780. The number of terminal acetylenes is 1. The summed E-state index contributed by atoms with van der Waals surface area (Å²) in [5.41, 5.74) is 5.75. The fourth-order valence-corrected chi connectivity index (χ4v) is 5.06. The van der Waals surface area contributed by atoms with E-state index in [9.17, 15) is 0 Å². The predicted molar refractivity (Wildman–Crippen MR) is 140 cm³/mol. The Morgan fingerprint density at radius 3 is 1.73 bits per heavy atom. The molecule has 0 aliphatic rings. The lowest BCUT2D eigenvalue weighted by Gasteiger charge is -2.12. The third kappa shape index (κ3) is 2.83. The van der Waals surface area contributed by atoms with Gasteiger partial charge in [-0.25, -0.2) is 0 Å². The Morgan fingerprint density at radius 2 is 1.15 bits per heavy atom. The van der Waals surface area contributed by atoms with Crippen LogP contribution < -0.4 is 10.6 Å². The Kier molecular flexibility index (Phi) is 4.42. The van der Waals surface area contributed by atoms with Crippen LogP contribution in [0.25, 0.3) is 56.2 Å². The normalized spacial score (nSPS) is 12.7. The number of hydrogen-bond acceptors (Lipinski definition) is 0. The molecule has 0 radical (unpaired) electrons. The molecule has 6 aromatic rings. The molecule has 2 heterocycles. The Balaban J connectivity index is 1.70. The van der Waals surface area contributed by atoms with Crippen LogP contribution in [0.3, 0.4) is 0 Å². The molecule has 6 rings (SSSR count). The molecule has 0 amide bonds. The fraction of sp³-hybridized carbons (Fsp3) is 0.0323. The SMILES string of the molecule is C#C/C=c1\c(=C/C)c2ccccc2n1-c1cccc(-n2c3ccccc3c3ccccc32)c1. The van der Waals surface area contributed by atoms with E-state index in [2.05, 4.69) is 125 Å². The fourth-order valence-electron chi connectivity index (χ4n) is 5.06. The molecule has 0 aliphatic carbocycles. The zero-order valence-electron chi connectivity index (χ0n) is 18.4. The summed E-state index contributed by atoms with van der Waals surface area (Å²) in [6.07, 6.45) is 9.75. The molecule has 0 saturated heterocycles. The van der Waals surface area contributed by atoms with Crippen LogP contribution >= 0.6 is 0 Å². The van der Waals surface area contributed by atoms with Crippen molar-refractivity contribution in [3.05, 3.63) is 108 Å². The zero-order chi connectivity index (χ0) is 22.4. The quantitative estimate of drug-likeness (QED) is 0.306. The molecule has 0 bridgehead atoms. The zero-order valence-corrected chi connectivity index (χ0v) is 18.4. The molecule has 0 atom stereocenters. The second kappa shape index (κ2) is 7.58. The first-order valence-corrected chi connectivity index (χ1v) is 11.1. The van der Waals surface area contributed by atoms with Gasteiger partial charge in [-0.05, 0) is 43.3 Å².